The van der Waals surface area contributed by atoms with E-state index in [0.717, 1.165) is 98.4 Å². The predicted octanol–water partition coefficient (Wildman–Crippen LogP) is 5.68. The molecule has 4 aromatic heterocycles. The molecular weight excluding hydrogens is 767 g/mol. The van der Waals surface area contributed by atoms with Crippen molar-refractivity contribution >= 4 is 138 Å². The molecule has 2 aromatic carbocycles. The zero-order chi connectivity index (χ0) is 34.7. The SMILES string of the molecule is CN1CCN(C(=O)CN)CC1.CN1CCN(C(=O)CNc2nc3cc4nc(Cl)sc4cc3s2)CC1.Clc1nc2cc3nc(Cl)sc3cc2s1. The van der Waals surface area contributed by atoms with E-state index in [4.69, 9.17) is 40.5 Å². The summed E-state index contributed by atoms with van der Waals surface area (Å²) in [5.74, 6) is 0.190. The highest BCUT2D eigenvalue weighted by Gasteiger charge is 2.19. The van der Waals surface area contributed by atoms with Gasteiger partial charge in [0.15, 0.2) is 18.5 Å². The van der Waals surface area contributed by atoms with Crippen LogP contribution in [0.15, 0.2) is 24.3 Å². The molecule has 2 saturated heterocycles. The average Bonchev–Trinajstić information content (AvgIpc) is 3.84. The Hall–Kier alpha value is -2.51. The Morgan fingerprint density at radius 1 is 0.633 bits per heavy atom. The average molecular weight is 800 g/mol. The lowest BCUT2D eigenvalue weighted by molar-refractivity contribution is -0.131. The van der Waals surface area contributed by atoms with Crippen molar-refractivity contribution in [2.75, 3.05) is 84.9 Å². The quantitative estimate of drug-likeness (QED) is 0.230. The Morgan fingerprint density at radius 2 is 1.02 bits per heavy atom. The van der Waals surface area contributed by atoms with Crippen LogP contribution in [-0.2, 0) is 9.59 Å². The van der Waals surface area contributed by atoms with E-state index in [9.17, 15) is 9.59 Å². The maximum atomic E-state index is 12.3. The number of nitrogens with zero attached hydrogens (tertiary/aromatic N) is 8. The van der Waals surface area contributed by atoms with Crippen LogP contribution in [0, 0.1) is 0 Å². The fourth-order valence-corrected chi connectivity index (χ4v) is 9.38. The number of benzene rings is 2. The van der Waals surface area contributed by atoms with Crippen LogP contribution in [0.2, 0.25) is 13.4 Å². The minimum Gasteiger partial charge on any atom is -0.352 e. The number of carbonyl (C=O) groups is 2. The molecule has 0 atom stereocenters. The molecule has 260 valence electrons. The second-order valence-electron chi connectivity index (χ2n) is 11.4. The summed E-state index contributed by atoms with van der Waals surface area (Å²) in [5, 5.41) is 3.92. The second kappa shape index (κ2) is 16.2. The summed E-state index contributed by atoms with van der Waals surface area (Å²) < 4.78 is 5.92. The number of thiazole rings is 4. The number of fused-ring (bicyclic) bond motifs is 4. The number of anilines is 1. The normalized spacial score (nSPS) is 15.8. The number of nitrogens with one attached hydrogen (secondary N) is 1. The first-order valence-electron chi connectivity index (χ1n) is 15.3. The first-order valence-corrected chi connectivity index (χ1v) is 19.7. The fraction of sp³-hybridized carbons (Fsp3) is 0.400. The topological polar surface area (TPSA) is 137 Å². The Morgan fingerprint density at radius 3 is 1.45 bits per heavy atom. The Kier molecular flexibility index (Phi) is 12.0. The lowest BCUT2D eigenvalue weighted by atomic mass is 10.3. The number of piperazine rings is 2. The smallest absolute Gasteiger partial charge is 0.242 e. The third-order valence-corrected chi connectivity index (χ3v) is 12.3. The number of amides is 2. The summed E-state index contributed by atoms with van der Waals surface area (Å²) in [4.78, 5) is 48.7. The fourth-order valence-electron chi connectivity index (χ4n) is 5.19. The number of rotatable bonds is 4. The van der Waals surface area contributed by atoms with Gasteiger partial charge in [0, 0.05) is 52.4 Å². The highest BCUT2D eigenvalue weighted by Crippen LogP contribution is 2.34. The van der Waals surface area contributed by atoms with Crippen molar-refractivity contribution in [3.63, 3.8) is 0 Å². The zero-order valence-corrected chi connectivity index (χ0v) is 32.2. The van der Waals surface area contributed by atoms with Crippen molar-refractivity contribution < 1.29 is 9.59 Å². The highest BCUT2D eigenvalue weighted by atomic mass is 35.5. The summed E-state index contributed by atoms with van der Waals surface area (Å²) >= 11 is 23.5. The van der Waals surface area contributed by atoms with E-state index >= 15 is 0 Å². The van der Waals surface area contributed by atoms with Gasteiger partial charge in [-0.3, -0.25) is 9.59 Å². The molecule has 2 aliphatic heterocycles. The third-order valence-electron chi connectivity index (χ3n) is 7.99. The van der Waals surface area contributed by atoms with Gasteiger partial charge >= 0.3 is 0 Å². The molecular formula is C30H33Cl3N10O2S4. The molecule has 0 unspecified atom stereocenters. The lowest BCUT2D eigenvalue weighted by Crippen LogP contribution is -2.48. The highest BCUT2D eigenvalue weighted by molar-refractivity contribution is 7.25. The van der Waals surface area contributed by atoms with Gasteiger partial charge in [-0.05, 0) is 38.4 Å². The Labute approximate surface area is 313 Å². The molecule has 0 radical (unpaired) electrons. The number of aromatic nitrogens is 4. The van der Waals surface area contributed by atoms with Gasteiger partial charge in [0.05, 0.1) is 54.0 Å². The minimum absolute atomic E-state index is 0.0677. The molecule has 0 bridgehead atoms. The van der Waals surface area contributed by atoms with Crippen LogP contribution < -0.4 is 11.1 Å². The number of nitrogens with two attached hydrogens (primary N) is 1. The van der Waals surface area contributed by atoms with E-state index in [1.807, 2.05) is 28.0 Å². The molecule has 8 rings (SSSR count). The van der Waals surface area contributed by atoms with Crippen molar-refractivity contribution in [2.24, 2.45) is 5.73 Å². The lowest BCUT2D eigenvalue weighted by Gasteiger charge is -2.32. The van der Waals surface area contributed by atoms with E-state index in [-0.39, 0.29) is 24.9 Å². The monoisotopic (exact) mass is 798 g/mol. The van der Waals surface area contributed by atoms with E-state index in [1.54, 1.807) is 11.3 Å². The molecule has 0 saturated carbocycles. The van der Waals surface area contributed by atoms with Crippen molar-refractivity contribution in [2.45, 2.75) is 0 Å². The molecule has 2 aliphatic rings. The van der Waals surface area contributed by atoms with Gasteiger partial charge < -0.3 is 30.7 Å². The van der Waals surface area contributed by atoms with Crippen LogP contribution in [0.25, 0.3) is 40.9 Å². The van der Waals surface area contributed by atoms with Gasteiger partial charge in [0.2, 0.25) is 11.8 Å². The molecule has 19 heteroatoms. The number of hydrogen-bond donors (Lipinski definition) is 2. The maximum absolute atomic E-state index is 12.3. The van der Waals surface area contributed by atoms with E-state index in [1.165, 1.54) is 34.0 Å². The Bertz CT molecular complexity index is 1930. The Balaban J connectivity index is 0.000000141. The van der Waals surface area contributed by atoms with Crippen LogP contribution in [0.1, 0.15) is 0 Å². The molecule has 3 N–H and O–H groups in total. The van der Waals surface area contributed by atoms with Crippen LogP contribution in [0.4, 0.5) is 5.13 Å². The minimum atomic E-state index is 0.0677. The molecule has 0 aliphatic carbocycles. The number of hydrogen-bond acceptors (Lipinski definition) is 14. The van der Waals surface area contributed by atoms with Gasteiger partial charge in [-0.15, -0.1) is 34.0 Å². The zero-order valence-electron chi connectivity index (χ0n) is 26.6. The summed E-state index contributed by atoms with van der Waals surface area (Å²) in [5.41, 5.74) is 8.74. The summed E-state index contributed by atoms with van der Waals surface area (Å²) in [6.07, 6.45) is 0. The largest absolute Gasteiger partial charge is 0.352 e. The van der Waals surface area contributed by atoms with Crippen LogP contribution in [0.3, 0.4) is 0 Å². The van der Waals surface area contributed by atoms with Crippen LogP contribution in [0.5, 0.6) is 0 Å². The molecule has 6 aromatic rings. The molecule has 49 heavy (non-hydrogen) atoms. The number of halogens is 3. The summed E-state index contributed by atoms with van der Waals surface area (Å²) in [6, 6.07) is 7.93. The summed E-state index contributed by atoms with van der Waals surface area (Å²) in [7, 11) is 4.14. The van der Waals surface area contributed by atoms with E-state index < -0.39 is 0 Å². The third kappa shape index (κ3) is 9.24. The van der Waals surface area contributed by atoms with Crippen molar-refractivity contribution in [3.8, 4) is 0 Å². The van der Waals surface area contributed by atoms with E-state index in [2.05, 4.69) is 55.2 Å². The van der Waals surface area contributed by atoms with Crippen LogP contribution in [-0.4, -0.2) is 131 Å². The van der Waals surface area contributed by atoms with Crippen molar-refractivity contribution in [3.05, 3.63) is 37.7 Å². The predicted molar refractivity (Wildman–Crippen MR) is 206 cm³/mol. The van der Waals surface area contributed by atoms with E-state index in [0.29, 0.717) is 13.4 Å². The van der Waals surface area contributed by atoms with Crippen LogP contribution >= 0.6 is 80.1 Å². The van der Waals surface area contributed by atoms with Crippen molar-refractivity contribution in [1.29, 1.82) is 0 Å². The molecule has 12 nitrogen and oxygen atoms in total. The molecule has 2 amide bonds. The van der Waals surface area contributed by atoms with Gasteiger partial charge in [0.1, 0.15) is 0 Å². The molecule has 2 fully saturated rings. The second-order valence-corrected chi connectivity index (χ2v) is 17.3. The molecule has 6 heterocycles. The summed E-state index contributed by atoms with van der Waals surface area (Å²) in [6.45, 7) is 7.44. The van der Waals surface area contributed by atoms with Gasteiger partial charge in [-0.1, -0.05) is 46.1 Å². The van der Waals surface area contributed by atoms with Crippen molar-refractivity contribution in [1.82, 2.24) is 39.5 Å². The number of carbonyl (C=O) groups excluding carboxylic acids is 2. The van der Waals surface area contributed by atoms with Gasteiger partial charge in [0.25, 0.3) is 0 Å². The standard InChI is InChI=1S/C15H16ClN5OS2.C8H2Cl2N2S2.C7H15N3O/c1-20-2-4-21(5-3-20)13(22)8-17-15-19-10-6-9-11(7-12(10)24-15)23-14(16)18-9;9-7-11-3-1-4-6(2-5(3)13-7)14-8(10)12-4;1-9-2-4-10(5-3-9)7(11)6-8/h6-7H,2-5,8H2,1H3,(H,17,19);1-2H;2-6,8H2,1H3. The first kappa shape index (κ1) is 36.3. The van der Waals surface area contributed by atoms with Gasteiger partial charge in [-0.25, -0.2) is 19.9 Å². The first-order chi connectivity index (χ1) is 23.5. The van der Waals surface area contributed by atoms with Gasteiger partial charge in [-0.2, -0.15) is 0 Å². The number of likely N-dealkylation sites (N-methyl/N-ethyl adjacent to an activating group) is 2. The molecule has 0 spiro atoms. The maximum Gasteiger partial charge on any atom is 0.242 e.